The summed E-state index contributed by atoms with van der Waals surface area (Å²) in [6.45, 7) is 1.99. The number of hydrogen-bond acceptors (Lipinski definition) is 6. The maximum Gasteiger partial charge on any atom is 0.131 e. The molecule has 0 aliphatic carbocycles. The lowest BCUT2D eigenvalue weighted by Crippen LogP contribution is -1.97. The Kier molecular flexibility index (Phi) is 3.73. The Morgan fingerprint density at radius 2 is 1.29 bits per heavy atom. The van der Waals surface area contributed by atoms with Crippen LogP contribution in [-0.2, 0) is 0 Å². The molecule has 0 atom stereocenters. The van der Waals surface area contributed by atoms with Gasteiger partial charge in [0.15, 0.2) is 0 Å². The lowest BCUT2D eigenvalue weighted by molar-refractivity contribution is 1.25. The van der Waals surface area contributed by atoms with Gasteiger partial charge in [0.2, 0.25) is 0 Å². The van der Waals surface area contributed by atoms with Gasteiger partial charge in [0.25, 0.3) is 0 Å². The molecule has 6 rings (SSSR count). The fraction of sp³-hybridized carbons (Fsp3) is 0.0400. The molecule has 6 nitrogen and oxygen atoms in total. The number of nitrogens with one attached hydrogen (secondary N) is 1. The Labute approximate surface area is 177 Å². The lowest BCUT2D eigenvalue weighted by atomic mass is 10.1. The van der Waals surface area contributed by atoms with Crippen molar-refractivity contribution >= 4 is 60.9 Å². The van der Waals surface area contributed by atoms with E-state index in [4.69, 9.17) is 15.7 Å². The number of fused-ring (bicyclic) bond motifs is 6. The molecule has 0 aliphatic heterocycles. The highest BCUT2D eigenvalue weighted by Crippen LogP contribution is 2.31. The van der Waals surface area contributed by atoms with E-state index < -0.39 is 0 Å². The zero-order chi connectivity index (χ0) is 20.9. The van der Waals surface area contributed by atoms with E-state index >= 15 is 0 Å². The summed E-state index contributed by atoms with van der Waals surface area (Å²) in [5.74, 6) is 1.22. The summed E-state index contributed by atoms with van der Waals surface area (Å²) in [4.78, 5) is 18.7. The molecule has 6 aromatic rings. The predicted molar refractivity (Wildman–Crippen MR) is 127 cm³/mol. The standard InChI is InChI=1S/C25H18N6/c1-14-2-3-15-4-5-16-8-11-21(31-23(16)22(15)28-14)29-19-12-13-27-25-18(19)9-6-17-7-10-20(26)30-24(17)25/h2-13H,1H3,(H2,26,30)(H,27,29,31). The van der Waals surface area contributed by atoms with Gasteiger partial charge in [0.05, 0.1) is 27.8 Å². The molecule has 4 heterocycles. The highest BCUT2D eigenvalue weighted by molar-refractivity contribution is 6.08. The summed E-state index contributed by atoms with van der Waals surface area (Å²) >= 11 is 0. The number of nitrogen functional groups attached to an aromatic ring is 1. The van der Waals surface area contributed by atoms with Gasteiger partial charge in [0, 0.05) is 33.4 Å². The maximum atomic E-state index is 5.91. The second-order valence-corrected chi connectivity index (χ2v) is 7.61. The smallest absolute Gasteiger partial charge is 0.131 e. The summed E-state index contributed by atoms with van der Waals surface area (Å²) in [6, 6.07) is 22.1. The van der Waals surface area contributed by atoms with E-state index in [1.165, 1.54) is 0 Å². The van der Waals surface area contributed by atoms with Crippen molar-refractivity contribution in [3.63, 3.8) is 0 Å². The van der Waals surface area contributed by atoms with E-state index in [1.807, 2.05) is 43.3 Å². The van der Waals surface area contributed by atoms with Crippen LogP contribution in [-0.4, -0.2) is 19.9 Å². The van der Waals surface area contributed by atoms with Gasteiger partial charge in [0.1, 0.15) is 11.6 Å². The third-order valence-corrected chi connectivity index (χ3v) is 5.51. The van der Waals surface area contributed by atoms with Crippen molar-refractivity contribution < 1.29 is 0 Å². The molecular formula is C25H18N6. The van der Waals surface area contributed by atoms with Crippen LogP contribution in [0.4, 0.5) is 17.3 Å². The number of anilines is 3. The minimum Gasteiger partial charge on any atom is -0.384 e. The number of benzene rings is 2. The van der Waals surface area contributed by atoms with Crippen LogP contribution >= 0.6 is 0 Å². The van der Waals surface area contributed by atoms with Crippen LogP contribution in [0.5, 0.6) is 0 Å². The van der Waals surface area contributed by atoms with Crippen molar-refractivity contribution in [1.82, 2.24) is 19.9 Å². The molecule has 0 aliphatic rings. The number of hydrogen-bond donors (Lipinski definition) is 2. The van der Waals surface area contributed by atoms with Crippen LogP contribution in [0.3, 0.4) is 0 Å². The predicted octanol–water partition coefficient (Wildman–Crippen LogP) is 5.51. The molecule has 0 saturated heterocycles. The molecule has 0 unspecified atom stereocenters. The Hall–Kier alpha value is -4.32. The molecule has 31 heavy (non-hydrogen) atoms. The van der Waals surface area contributed by atoms with E-state index in [2.05, 4.69) is 39.6 Å². The molecule has 4 aromatic heterocycles. The summed E-state index contributed by atoms with van der Waals surface area (Å²) in [5.41, 5.74) is 11.2. The normalized spacial score (nSPS) is 11.5. The van der Waals surface area contributed by atoms with Crippen LogP contribution in [0.2, 0.25) is 0 Å². The second-order valence-electron chi connectivity index (χ2n) is 7.61. The van der Waals surface area contributed by atoms with Crippen LogP contribution in [0.15, 0.2) is 72.9 Å². The molecule has 0 amide bonds. The Morgan fingerprint density at radius 3 is 2.13 bits per heavy atom. The summed E-state index contributed by atoms with van der Waals surface area (Å²) in [7, 11) is 0. The minimum atomic E-state index is 0.478. The fourth-order valence-electron chi connectivity index (χ4n) is 3.99. The number of rotatable bonds is 2. The van der Waals surface area contributed by atoms with Crippen LogP contribution in [0, 0.1) is 6.92 Å². The van der Waals surface area contributed by atoms with Gasteiger partial charge in [-0.05, 0) is 49.4 Å². The Morgan fingerprint density at radius 1 is 0.645 bits per heavy atom. The molecule has 0 fully saturated rings. The van der Waals surface area contributed by atoms with E-state index in [9.17, 15) is 0 Å². The molecule has 0 saturated carbocycles. The zero-order valence-corrected chi connectivity index (χ0v) is 16.8. The average Bonchev–Trinajstić information content (AvgIpc) is 2.79. The van der Waals surface area contributed by atoms with Crippen LogP contribution in [0.25, 0.3) is 43.6 Å². The van der Waals surface area contributed by atoms with E-state index in [0.717, 1.165) is 60.8 Å². The minimum absolute atomic E-state index is 0.478. The Bertz CT molecular complexity index is 1640. The average molecular weight is 402 g/mol. The first kappa shape index (κ1) is 17.5. The monoisotopic (exact) mass is 402 g/mol. The van der Waals surface area contributed by atoms with Crippen LogP contribution in [0.1, 0.15) is 5.69 Å². The lowest BCUT2D eigenvalue weighted by Gasteiger charge is -2.11. The van der Waals surface area contributed by atoms with Gasteiger partial charge >= 0.3 is 0 Å². The van der Waals surface area contributed by atoms with Crippen molar-refractivity contribution in [2.45, 2.75) is 6.92 Å². The van der Waals surface area contributed by atoms with E-state index in [-0.39, 0.29) is 0 Å². The van der Waals surface area contributed by atoms with Gasteiger partial charge in [-0.2, -0.15) is 0 Å². The maximum absolute atomic E-state index is 5.91. The molecule has 6 heteroatoms. The Balaban J connectivity index is 1.52. The molecule has 0 bridgehead atoms. The largest absolute Gasteiger partial charge is 0.384 e. The highest BCUT2D eigenvalue weighted by Gasteiger charge is 2.10. The zero-order valence-electron chi connectivity index (χ0n) is 16.8. The molecule has 0 radical (unpaired) electrons. The first-order valence-electron chi connectivity index (χ1n) is 10.0. The fourth-order valence-corrected chi connectivity index (χ4v) is 3.99. The number of aromatic nitrogens is 4. The first-order valence-corrected chi connectivity index (χ1v) is 10.0. The summed E-state index contributed by atoms with van der Waals surface area (Å²) in [5, 5.41) is 7.56. The summed E-state index contributed by atoms with van der Waals surface area (Å²) in [6.07, 6.45) is 1.77. The third-order valence-electron chi connectivity index (χ3n) is 5.51. The first-order chi connectivity index (χ1) is 15.2. The van der Waals surface area contributed by atoms with Gasteiger partial charge in [-0.1, -0.05) is 24.3 Å². The topological polar surface area (TPSA) is 89.6 Å². The number of pyridine rings is 4. The molecule has 2 aromatic carbocycles. The van der Waals surface area contributed by atoms with Gasteiger partial charge in [-0.15, -0.1) is 0 Å². The summed E-state index contributed by atoms with van der Waals surface area (Å²) < 4.78 is 0. The van der Waals surface area contributed by atoms with Gasteiger partial charge < -0.3 is 11.1 Å². The SMILES string of the molecule is Cc1ccc2ccc3ccc(Nc4ccnc5c4ccc4ccc(N)nc45)nc3c2n1. The van der Waals surface area contributed by atoms with Crippen LogP contribution < -0.4 is 11.1 Å². The number of aryl methyl sites for hydroxylation is 1. The van der Waals surface area contributed by atoms with Crippen molar-refractivity contribution in [2.24, 2.45) is 0 Å². The van der Waals surface area contributed by atoms with Crippen molar-refractivity contribution in [3.05, 3.63) is 78.6 Å². The van der Waals surface area contributed by atoms with Gasteiger partial charge in [-0.25, -0.2) is 9.97 Å². The quantitative estimate of drug-likeness (QED) is 0.371. The van der Waals surface area contributed by atoms with Crippen molar-refractivity contribution in [3.8, 4) is 0 Å². The number of nitrogens with zero attached hydrogens (tertiary/aromatic N) is 4. The van der Waals surface area contributed by atoms with E-state index in [0.29, 0.717) is 5.82 Å². The van der Waals surface area contributed by atoms with E-state index in [1.54, 1.807) is 12.3 Å². The molecule has 0 spiro atoms. The third kappa shape index (κ3) is 2.88. The van der Waals surface area contributed by atoms with Crippen molar-refractivity contribution in [1.29, 1.82) is 0 Å². The molecular weight excluding hydrogens is 384 g/mol. The van der Waals surface area contributed by atoms with Crippen molar-refractivity contribution in [2.75, 3.05) is 11.1 Å². The highest BCUT2D eigenvalue weighted by atomic mass is 15.0. The number of nitrogens with two attached hydrogens (primary N) is 1. The molecule has 148 valence electrons. The van der Waals surface area contributed by atoms with Gasteiger partial charge in [-0.3, -0.25) is 9.97 Å². The molecule has 3 N–H and O–H groups in total. The second kappa shape index (κ2) is 6.60.